The van der Waals surface area contributed by atoms with Gasteiger partial charge in [-0.3, -0.25) is 19.3 Å². The monoisotopic (exact) mass is 399 g/mol. The second-order valence-electron chi connectivity index (χ2n) is 5.43. The molecular weight excluding hydrogens is 386 g/mol. The molecular formula is C17H13N5O5S. The number of nitro groups is 1. The van der Waals surface area contributed by atoms with Crippen LogP contribution >= 0.6 is 11.8 Å². The minimum absolute atomic E-state index is 0.0418. The van der Waals surface area contributed by atoms with Crippen LogP contribution in [-0.4, -0.2) is 43.3 Å². The Kier molecular flexibility index (Phi) is 5.65. The van der Waals surface area contributed by atoms with Crippen molar-refractivity contribution in [3.05, 3.63) is 70.0 Å². The highest BCUT2D eigenvalue weighted by atomic mass is 32.2. The number of carbonyl (C=O) groups excluding carboxylic acids is 1. The summed E-state index contributed by atoms with van der Waals surface area (Å²) in [6, 6.07) is 10.8. The van der Waals surface area contributed by atoms with Crippen molar-refractivity contribution in [2.24, 2.45) is 5.10 Å². The Bertz CT molecular complexity index is 1080. The molecule has 0 fully saturated rings. The van der Waals surface area contributed by atoms with Crippen LogP contribution in [0.15, 0.2) is 58.8 Å². The van der Waals surface area contributed by atoms with E-state index in [-0.39, 0.29) is 17.1 Å². The molecule has 142 valence electrons. The van der Waals surface area contributed by atoms with Gasteiger partial charge in [0.1, 0.15) is 10.7 Å². The van der Waals surface area contributed by atoms with Crippen LogP contribution in [0.5, 0.6) is 0 Å². The molecule has 3 rings (SSSR count). The quantitative estimate of drug-likeness (QED) is 0.269. The number of hydrogen-bond acceptors (Lipinski definition) is 7. The molecule has 28 heavy (non-hydrogen) atoms. The molecule has 3 aromatic rings. The summed E-state index contributed by atoms with van der Waals surface area (Å²) in [5, 5.41) is 24.0. The molecule has 0 spiro atoms. The fourth-order valence-corrected chi connectivity index (χ4v) is 3.17. The zero-order chi connectivity index (χ0) is 20.1. The molecule has 0 aliphatic carbocycles. The summed E-state index contributed by atoms with van der Waals surface area (Å²) in [6.45, 7) is 0. The summed E-state index contributed by atoms with van der Waals surface area (Å²) in [5.41, 5.74) is 3.21. The summed E-state index contributed by atoms with van der Waals surface area (Å²) >= 11 is 1.03. The first kappa shape index (κ1) is 19.0. The molecule has 11 heteroatoms. The molecule has 2 aromatic heterocycles. The molecule has 10 nitrogen and oxygen atoms in total. The third-order valence-corrected chi connectivity index (χ3v) is 4.61. The predicted octanol–water partition coefficient (Wildman–Crippen LogP) is 2.18. The van der Waals surface area contributed by atoms with Crippen LogP contribution in [0.25, 0.3) is 5.65 Å². The summed E-state index contributed by atoms with van der Waals surface area (Å²) in [4.78, 5) is 37.5. The third kappa shape index (κ3) is 4.32. The summed E-state index contributed by atoms with van der Waals surface area (Å²) in [6.07, 6.45) is 3.02. The smallest absolute Gasteiger partial charge is 0.357 e. The minimum Gasteiger partial charge on any atom is -0.476 e. The fraction of sp³-hybridized carbons (Fsp3) is 0.0588. The van der Waals surface area contributed by atoms with Gasteiger partial charge in [-0.05, 0) is 29.8 Å². The van der Waals surface area contributed by atoms with Gasteiger partial charge in [-0.1, -0.05) is 17.8 Å². The number of hydrazone groups is 1. The number of carbonyl (C=O) groups is 2. The minimum atomic E-state index is -1.18. The van der Waals surface area contributed by atoms with Gasteiger partial charge in [0, 0.05) is 18.3 Å². The van der Waals surface area contributed by atoms with E-state index in [1.165, 1.54) is 30.5 Å². The number of pyridine rings is 1. The van der Waals surface area contributed by atoms with Crippen LogP contribution in [0, 0.1) is 10.1 Å². The molecule has 0 atom stereocenters. The van der Waals surface area contributed by atoms with Crippen LogP contribution in [-0.2, 0) is 4.79 Å². The first-order valence-corrected chi connectivity index (χ1v) is 8.84. The van der Waals surface area contributed by atoms with Crippen molar-refractivity contribution in [1.82, 2.24) is 14.8 Å². The predicted molar refractivity (Wildman–Crippen MR) is 102 cm³/mol. The zero-order valence-corrected chi connectivity index (χ0v) is 15.0. The topological polar surface area (TPSA) is 139 Å². The molecule has 0 saturated heterocycles. The SMILES string of the molecule is O=C(CSc1c(C(=O)O)nc2ccccn12)N/N=C\c1ccc([N+](=O)[O-])cc1. The highest BCUT2D eigenvalue weighted by Gasteiger charge is 2.19. The molecule has 2 heterocycles. The fourth-order valence-electron chi connectivity index (χ4n) is 2.28. The number of benzene rings is 1. The first-order chi connectivity index (χ1) is 13.5. The molecule has 1 aromatic carbocycles. The number of amides is 1. The van der Waals surface area contributed by atoms with Gasteiger partial charge < -0.3 is 5.11 Å². The van der Waals surface area contributed by atoms with Gasteiger partial charge in [0.15, 0.2) is 5.69 Å². The van der Waals surface area contributed by atoms with Gasteiger partial charge in [-0.25, -0.2) is 15.2 Å². The molecule has 0 aliphatic heterocycles. The average molecular weight is 399 g/mol. The van der Waals surface area contributed by atoms with Crippen molar-refractivity contribution in [3.63, 3.8) is 0 Å². The van der Waals surface area contributed by atoms with Crippen LogP contribution in [0.4, 0.5) is 5.69 Å². The Labute approximate surface area is 162 Å². The van der Waals surface area contributed by atoms with Crippen molar-refractivity contribution in [2.75, 3.05) is 5.75 Å². The number of aromatic nitrogens is 2. The van der Waals surface area contributed by atoms with Crippen LogP contribution < -0.4 is 5.43 Å². The molecule has 0 aliphatic rings. The van der Waals surface area contributed by atoms with Gasteiger partial charge in [-0.15, -0.1) is 0 Å². The largest absolute Gasteiger partial charge is 0.476 e. The van der Waals surface area contributed by atoms with E-state index in [0.29, 0.717) is 16.2 Å². The van der Waals surface area contributed by atoms with Crippen molar-refractivity contribution < 1.29 is 19.6 Å². The van der Waals surface area contributed by atoms with E-state index in [4.69, 9.17) is 0 Å². The number of carboxylic acids is 1. The number of nitrogens with one attached hydrogen (secondary N) is 1. The van der Waals surface area contributed by atoms with E-state index in [0.717, 1.165) is 11.8 Å². The van der Waals surface area contributed by atoms with Gasteiger partial charge in [0.05, 0.1) is 16.9 Å². The molecule has 0 bridgehead atoms. The molecule has 0 saturated carbocycles. The molecule has 1 amide bonds. The number of non-ortho nitro benzene ring substituents is 1. The molecule has 2 N–H and O–H groups in total. The highest BCUT2D eigenvalue weighted by Crippen LogP contribution is 2.24. The summed E-state index contributed by atoms with van der Waals surface area (Å²) < 4.78 is 1.60. The Morgan fingerprint density at radius 3 is 2.71 bits per heavy atom. The van der Waals surface area contributed by atoms with Crippen LogP contribution in [0.1, 0.15) is 16.1 Å². The Hall–Kier alpha value is -3.73. The number of rotatable bonds is 7. The van der Waals surface area contributed by atoms with E-state index < -0.39 is 16.8 Å². The highest BCUT2D eigenvalue weighted by molar-refractivity contribution is 8.00. The van der Waals surface area contributed by atoms with E-state index >= 15 is 0 Å². The number of aromatic carboxylic acids is 1. The van der Waals surface area contributed by atoms with Gasteiger partial charge >= 0.3 is 5.97 Å². The Morgan fingerprint density at radius 1 is 1.29 bits per heavy atom. The van der Waals surface area contributed by atoms with E-state index in [1.54, 1.807) is 28.8 Å². The number of carboxylic acid groups (broad SMARTS) is 1. The normalized spacial score (nSPS) is 11.0. The van der Waals surface area contributed by atoms with E-state index in [9.17, 15) is 24.8 Å². The Morgan fingerprint density at radius 2 is 2.04 bits per heavy atom. The van der Waals surface area contributed by atoms with Crippen LogP contribution in [0.2, 0.25) is 0 Å². The second kappa shape index (κ2) is 8.31. The van der Waals surface area contributed by atoms with E-state index in [2.05, 4.69) is 15.5 Å². The second-order valence-corrected chi connectivity index (χ2v) is 6.39. The van der Waals surface area contributed by atoms with Gasteiger partial charge in [-0.2, -0.15) is 5.10 Å². The molecule has 0 unspecified atom stereocenters. The number of nitro benzene ring substituents is 1. The summed E-state index contributed by atoms with van der Waals surface area (Å²) in [7, 11) is 0. The number of nitrogens with zero attached hydrogens (tertiary/aromatic N) is 4. The van der Waals surface area contributed by atoms with E-state index in [1.807, 2.05) is 0 Å². The van der Waals surface area contributed by atoms with Crippen molar-refractivity contribution in [2.45, 2.75) is 5.03 Å². The lowest BCUT2D eigenvalue weighted by molar-refractivity contribution is -0.384. The number of thioether (sulfide) groups is 1. The lowest BCUT2D eigenvalue weighted by Crippen LogP contribution is -2.20. The van der Waals surface area contributed by atoms with Crippen molar-refractivity contribution in [1.29, 1.82) is 0 Å². The van der Waals surface area contributed by atoms with Gasteiger partial charge in [0.2, 0.25) is 5.91 Å². The lowest BCUT2D eigenvalue weighted by atomic mass is 10.2. The lowest BCUT2D eigenvalue weighted by Gasteiger charge is -2.02. The van der Waals surface area contributed by atoms with Gasteiger partial charge in [0.25, 0.3) is 5.69 Å². The molecule has 0 radical (unpaired) electrons. The Balaban J connectivity index is 1.61. The third-order valence-electron chi connectivity index (χ3n) is 3.54. The summed E-state index contributed by atoms with van der Waals surface area (Å²) in [5.74, 6) is -1.69. The first-order valence-electron chi connectivity index (χ1n) is 7.85. The maximum Gasteiger partial charge on any atom is 0.357 e. The average Bonchev–Trinajstić information content (AvgIpc) is 3.06. The number of hydrogen-bond donors (Lipinski definition) is 2. The maximum absolute atomic E-state index is 12.0. The van der Waals surface area contributed by atoms with Crippen LogP contribution in [0.3, 0.4) is 0 Å². The number of imidazole rings is 1. The van der Waals surface area contributed by atoms with Crippen molar-refractivity contribution >= 4 is 41.2 Å². The maximum atomic E-state index is 12.0. The standard InChI is InChI=1S/C17H13N5O5S/c23-14(20-18-9-11-4-6-12(7-5-11)22(26)27)10-28-16-15(17(24)25)19-13-3-1-2-8-21(13)16/h1-9H,10H2,(H,20,23)(H,24,25)/b18-9-. The number of fused-ring (bicyclic) bond motifs is 1. The van der Waals surface area contributed by atoms with Crippen molar-refractivity contribution in [3.8, 4) is 0 Å². The zero-order valence-electron chi connectivity index (χ0n) is 14.2.